The number of pyridine rings is 1. The first-order valence-electron chi connectivity index (χ1n) is 10.5. The van der Waals surface area contributed by atoms with Crippen LogP contribution in [0.25, 0.3) is 0 Å². The highest BCUT2D eigenvalue weighted by Crippen LogP contribution is 2.27. The number of hydrogen-bond acceptors (Lipinski definition) is 5. The molecule has 2 aliphatic heterocycles. The van der Waals surface area contributed by atoms with Crippen molar-refractivity contribution in [2.24, 2.45) is 5.92 Å². The zero-order chi connectivity index (χ0) is 19.0. The molecule has 1 aromatic carbocycles. The van der Waals surface area contributed by atoms with Crippen molar-refractivity contribution >= 4 is 18.1 Å². The average molecular weight is 418 g/mol. The molecule has 0 spiro atoms. The maximum atomic E-state index is 5.90. The summed E-state index contributed by atoms with van der Waals surface area (Å²) in [5, 5.41) is 3.36. The van der Waals surface area contributed by atoms with Gasteiger partial charge in [0.05, 0.1) is 24.7 Å². The fraction of sp³-hybridized carbons (Fsp3) is 0.522. The quantitative estimate of drug-likeness (QED) is 0.623. The van der Waals surface area contributed by atoms with Gasteiger partial charge in [0.2, 0.25) is 0 Å². The second-order valence-corrected chi connectivity index (χ2v) is 7.89. The Labute approximate surface area is 180 Å². The SMILES string of the molecule is Cl.c1ccc(COCCC2CCN(c3cncc(OC[C@H]4CCN4)c3)CC2)cc1. The van der Waals surface area contributed by atoms with Gasteiger partial charge in [-0.2, -0.15) is 0 Å². The molecular formula is C23H32ClN3O2. The molecular weight excluding hydrogens is 386 g/mol. The summed E-state index contributed by atoms with van der Waals surface area (Å²) in [6.07, 6.45) is 8.56. The predicted molar refractivity (Wildman–Crippen MR) is 119 cm³/mol. The van der Waals surface area contributed by atoms with Crippen molar-refractivity contribution in [3.05, 3.63) is 54.4 Å². The highest BCUT2D eigenvalue weighted by molar-refractivity contribution is 5.85. The topological polar surface area (TPSA) is 46.6 Å². The van der Waals surface area contributed by atoms with Gasteiger partial charge in [-0.25, -0.2) is 0 Å². The molecule has 29 heavy (non-hydrogen) atoms. The summed E-state index contributed by atoms with van der Waals surface area (Å²) in [5.41, 5.74) is 2.43. The molecule has 158 valence electrons. The maximum absolute atomic E-state index is 5.90. The zero-order valence-electron chi connectivity index (χ0n) is 17.0. The van der Waals surface area contributed by atoms with Gasteiger partial charge in [0, 0.05) is 31.8 Å². The lowest BCUT2D eigenvalue weighted by Crippen LogP contribution is -2.46. The molecule has 0 radical (unpaired) electrons. The second kappa shape index (κ2) is 11.4. The number of halogens is 1. The van der Waals surface area contributed by atoms with Gasteiger partial charge in [-0.05, 0) is 43.7 Å². The first kappa shape index (κ1) is 21.9. The Kier molecular flexibility index (Phi) is 8.59. The van der Waals surface area contributed by atoms with Crippen LogP contribution >= 0.6 is 12.4 Å². The van der Waals surface area contributed by atoms with Crippen molar-refractivity contribution in [3.63, 3.8) is 0 Å². The van der Waals surface area contributed by atoms with E-state index in [-0.39, 0.29) is 12.4 Å². The summed E-state index contributed by atoms with van der Waals surface area (Å²) in [4.78, 5) is 6.82. The number of nitrogens with one attached hydrogen (secondary N) is 1. The van der Waals surface area contributed by atoms with Crippen LogP contribution in [-0.4, -0.2) is 43.9 Å². The highest BCUT2D eigenvalue weighted by atomic mass is 35.5. The lowest BCUT2D eigenvalue weighted by molar-refractivity contribution is 0.104. The van der Waals surface area contributed by atoms with Crippen LogP contribution in [0.2, 0.25) is 0 Å². The van der Waals surface area contributed by atoms with E-state index in [0.717, 1.165) is 50.9 Å². The molecule has 0 unspecified atom stereocenters. The van der Waals surface area contributed by atoms with Crippen molar-refractivity contribution in [1.29, 1.82) is 0 Å². The molecule has 0 bridgehead atoms. The van der Waals surface area contributed by atoms with E-state index in [1.807, 2.05) is 18.5 Å². The summed E-state index contributed by atoms with van der Waals surface area (Å²) >= 11 is 0. The zero-order valence-corrected chi connectivity index (χ0v) is 17.8. The first-order valence-corrected chi connectivity index (χ1v) is 10.5. The van der Waals surface area contributed by atoms with Crippen LogP contribution in [-0.2, 0) is 11.3 Å². The van der Waals surface area contributed by atoms with Crippen LogP contribution < -0.4 is 15.0 Å². The van der Waals surface area contributed by atoms with E-state index in [1.165, 1.54) is 30.5 Å². The monoisotopic (exact) mass is 417 g/mol. The minimum absolute atomic E-state index is 0. The summed E-state index contributed by atoms with van der Waals surface area (Å²) in [6.45, 7) is 5.57. The van der Waals surface area contributed by atoms with Gasteiger partial charge in [0.15, 0.2) is 0 Å². The molecule has 0 saturated carbocycles. The summed E-state index contributed by atoms with van der Waals surface area (Å²) in [5.74, 6) is 1.63. The van der Waals surface area contributed by atoms with Crippen LogP contribution in [0.5, 0.6) is 5.75 Å². The number of aromatic nitrogens is 1. The third kappa shape index (κ3) is 6.59. The lowest BCUT2D eigenvalue weighted by atomic mass is 9.94. The van der Waals surface area contributed by atoms with E-state index >= 15 is 0 Å². The molecule has 0 amide bonds. The number of rotatable bonds is 9. The number of piperidine rings is 1. The number of benzene rings is 1. The van der Waals surface area contributed by atoms with Gasteiger partial charge in [0.25, 0.3) is 0 Å². The predicted octanol–water partition coefficient (Wildman–Crippen LogP) is 4.07. The Balaban J connectivity index is 0.00000240. The van der Waals surface area contributed by atoms with E-state index in [0.29, 0.717) is 12.6 Å². The average Bonchev–Trinajstić information content (AvgIpc) is 2.72. The van der Waals surface area contributed by atoms with Crippen molar-refractivity contribution in [3.8, 4) is 5.75 Å². The fourth-order valence-electron chi connectivity index (χ4n) is 3.84. The number of anilines is 1. The van der Waals surface area contributed by atoms with Gasteiger partial charge >= 0.3 is 0 Å². The number of ether oxygens (including phenoxy) is 2. The fourth-order valence-corrected chi connectivity index (χ4v) is 3.84. The Morgan fingerprint density at radius 1 is 1.07 bits per heavy atom. The Hall–Kier alpha value is -1.82. The van der Waals surface area contributed by atoms with Gasteiger partial charge in [-0.15, -0.1) is 12.4 Å². The molecule has 2 aliphatic rings. The molecule has 4 rings (SSSR count). The van der Waals surface area contributed by atoms with Crippen molar-refractivity contribution in [1.82, 2.24) is 10.3 Å². The van der Waals surface area contributed by atoms with Crippen molar-refractivity contribution < 1.29 is 9.47 Å². The Bertz CT molecular complexity index is 719. The maximum Gasteiger partial charge on any atom is 0.139 e. The Morgan fingerprint density at radius 3 is 2.59 bits per heavy atom. The molecule has 2 fully saturated rings. The van der Waals surface area contributed by atoms with Gasteiger partial charge in [-0.1, -0.05) is 30.3 Å². The summed E-state index contributed by atoms with van der Waals surface area (Å²) in [7, 11) is 0. The summed E-state index contributed by atoms with van der Waals surface area (Å²) < 4.78 is 11.8. The highest BCUT2D eigenvalue weighted by Gasteiger charge is 2.20. The first-order chi connectivity index (χ1) is 13.9. The van der Waals surface area contributed by atoms with Crippen molar-refractivity contribution in [2.75, 3.05) is 37.7 Å². The molecule has 6 heteroatoms. The minimum Gasteiger partial charge on any atom is -0.490 e. The van der Waals surface area contributed by atoms with Crippen LogP contribution in [0.15, 0.2) is 48.8 Å². The molecule has 5 nitrogen and oxygen atoms in total. The van der Waals surface area contributed by atoms with Gasteiger partial charge in [0.1, 0.15) is 12.4 Å². The van der Waals surface area contributed by atoms with E-state index in [4.69, 9.17) is 9.47 Å². The molecule has 2 aromatic rings. The van der Waals surface area contributed by atoms with Gasteiger partial charge in [-0.3, -0.25) is 4.98 Å². The summed E-state index contributed by atoms with van der Waals surface area (Å²) in [6, 6.07) is 13.0. The third-order valence-electron chi connectivity index (χ3n) is 5.84. The largest absolute Gasteiger partial charge is 0.490 e. The molecule has 1 N–H and O–H groups in total. The van der Waals surface area contributed by atoms with E-state index < -0.39 is 0 Å². The van der Waals surface area contributed by atoms with E-state index in [1.54, 1.807) is 0 Å². The molecule has 1 atom stereocenters. The van der Waals surface area contributed by atoms with Crippen LogP contribution in [0, 0.1) is 5.92 Å². The molecule has 2 saturated heterocycles. The van der Waals surface area contributed by atoms with Crippen LogP contribution in [0.3, 0.4) is 0 Å². The van der Waals surface area contributed by atoms with Gasteiger partial charge < -0.3 is 19.7 Å². The van der Waals surface area contributed by atoms with Crippen molar-refractivity contribution in [2.45, 2.75) is 38.3 Å². The van der Waals surface area contributed by atoms with E-state index in [9.17, 15) is 0 Å². The molecule has 3 heterocycles. The minimum atomic E-state index is 0. The van der Waals surface area contributed by atoms with E-state index in [2.05, 4.69) is 45.5 Å². The standard InChI is InChI=1S/C23H31N3O2.ClH/c1-2-4-20(5-3-1)17-27-13-9-19-7-11-26(12-8-19)22-14-23(16-24-15-22)28-18-21-6-10-25-21;/h1-5,14-16,19,21,25H,6-13,17-18H2;1H/t21-;/m1./s1. The van der Waals surface area contributed by atoms with Crippen LogP contribution in [0.1, 0.15) is 31.2 Å². The molecule has 1 aromatic heterocycles. The van der Waals surface area contributed by atoms with Crippen LogP contribution in [0.4, 0.5) is 5.69 Å². The number of hydrogen-bond donors (Lipinski definition) is 1. The third-order valence-corrected chi connectivity index (χ3v) is 5.84. The second-order valence-electron chi connectivity index (χ2n) is 7.89. The normalized spacial score (nSPS) is 19.3. The lowest BCUT2D eigenvalue weighted by Gasteiger charge is -2.33. The number of nitrogens with zero attached hydrogens (tertiary/aromatic N) is 2. The smallest absolute Gasteiger partial charge is 0.139 e. The Morgan fingerprint density at radius 2 is 1.86 bits per heavy atom. The molecule has 0 aliphatic carbocycles.